The molecule has 21 heavy (non-hydrogen) atoms. The Morgan fingerprint density at radius 2 is 2.33 bits per heavy atom. The van der Waals surface area contributed by atoms with Crippen molar-refractivity contribution in [2.75, 3.05) is 13.6 Å². The van der Waals surface area contributed by atoms with Crippen molar-refractivity contribution in [2.24, 2.45) is 0 Å². The summed E-state index contributed by atoms with van der Waals surface area (Å²) in [7, 11) is 1.60. The Morgan fingerprint density at radius 3 is 3.05 bits per heavy atom. The van der Waals surface area contributed by atoms with Gasteiger partial charge < -0.3 is 14.6 Å². The van der Waals surface area contributed by atoms with Crippen LogP contribution in [0.4, 0.5) is 0 Å². The van der Waals surface area contributed by atoms with E-state index in [2.05, 4.69) is 10.4 Å². The molecule has 0 aromatic carbocycles. The Balaban J connectivity index is 1.83. The van der Waals surface area contributed by atoms with Gasteiger partial charge in [-0.25, -0.2) is 0 Å². The minimum absolute atomic E-state index is 0.0752. The molecule has 0 saturated carbocycles. The lowest BCUT2D eigenvalue weighted by molar-refractivity contribution is -0.121. The predicted molar refractivity (Wildman–Crippen MR) is 73.4 cm³/mol. The van der Waals surface area contributed by atoms with Crippen LogP contribution >= 0.6 is 0 Å². The zero-order chi connectivity index (χ0) is 14.8. The van der Waals surface area contributed by atoms with Gasteiger partial charge in [-0.2, -0.15) is 5.10 Å². The summed E-state index contributed by atoms with van der Waals surface area (Å²) in [5.74, 6) is 0.0600. The molecule has 7 heteroatoms. The van der Waals surface area contributed by atoms with E-state index in [1.54, 1.807) is 30.3 Å². The van der Waals surface area contributed by atoms with Crippen molar-refractivity contribution >= 4 is 11.8 Å². The number of amides is 2. The number of aromatic nitrogens is 2. The molecule has 2 amide bonds. The fraction of sp³-hybridized carbons (Fsp3) is 0.357. The maximum Gasteiger partial charge on any atom is 0.289 e. The molecule has 0 unspecified atom stereocenters. The van der Waals surface area contributed by atoms with Crippen molar-refractivity contribution in [3.05, 3.63) is 42.1 Å². The number of carbonyl (C=O) groups is 2. The second-order valence-electron chi connectivity index (χ2n) is 4.96. The van der Waals surface area contributed by atoms with Crippen LogP contribution in [0, 0.1) is 0 Å². The molecule has 3 rings (SSSR count). The fourth-order valence-corrected chi connectivity index (χ4v) is 2.57. The minimum Gasteiger partial charge on any atom is -0.459 e. The number of nitrogens with one attached hydrogen (secondary N) is 1. The molecule has 0 bridgehead atoms. The molecular weight excluding hydrogens is 272 g/mol. The zero-order valence-electron chi connectivity index (χ0n) is 11.7. The average Bonchev–Trinajstić information content (AvgIpc) is 3.17. The van der Waals surface area contributed by atoms with Gasteiger partial charge in [0.05, 0.1) is 31.0 Å². The van der Waals surface area contributed by atoms with Crippen LogP contribution in [0.5, 0.6) is 0 Å². The second-order valence-corrected chi connectivity index (χ2v) is 4.96. The first-order valence-corrected chi connectivity index (χ1v) is 6.75. The summed E-state index contributed by atoms with van der Waals surface area (Å²) < 4.78 is 6.98. The van der Waals surface area contributed by atoms with E-state index >= 15 is 0 Å². The summed E-state index contributed by atoms with van der Waals surface area (Å²) in [5.41, 5.74) is 0.912. The van der Waals surface area contributed by atoms with E-state index in [-0.39, 0.29) is 24.3 Å². The summed E-state index contributed by atoms with van der Waals surface area (Å²) in [6, 6.07) is 5.02. The molecule has 0 spiro atoms. The maximum atomic E-state index is 12.4. The molecule has 110 valence electrons. The van der Waals surface area contributed by atoms with E-state index < -0.39 is 0 Å². The first-order valence-electron chi connectivity index (χ1n) is 6.75. The standard InChI is InChI=1S/C14H16N4O3/c1-15-13(19)7-11-9-17(8-10-4-5-16-18(10)11)14(20)12-3-2-6-21-12/h2-6,11H,7-9H2,1H3,(H,15,19)/t11-/m0/s1. The van der Waals surface area contributed by atoms with Crippen molar-refractivity contribution in [2.45, 2.75) is 19.0 Å². The van der Waals surface area contributed by atoms with E-state index in [9.17, 15) is 9.59 Å². The number of furan rings is 1. The molecular formula is C14H16N4O3. The monoisotopic (exact) mass is 288 g/mol. The molecule has 1 aliphatic rings. The lowest BCUT2D eigenvalue weighted by Gasteiger charge is -2.33. The molecule has 2 aromatic rings. The number of carbonyl (C=O) groups excluding carboxylic acids is 2. The molecule has 0 aliphatic carbocycles. The first kappa shape index (κ1) is 13.4. The smallest absolute Gasteiger partial charge is 0.289 e. The van der Waals surface area contributed by atoms with Gasteiger partial charge in [-0.05, 0) is 18.2 Å². The Kier molecular flexibility index (Phi) is 3.47. The van der Waals surface area contributed by atoms with Gasteiger partial charge in [0, 0.05) is 19.8 Å². The van der Waals surface area contributed by atoms with Gasteiger partial charge in [-0.15, -0.1) is 0 Å². The van der Waals surface area contributed by atoms with E-state index in [0.29, 0.717) is 18.8 Å². The van der Waals surface area contributed by atoms with Crippen LogP contribution in [0.1, 0.15) is 28.7 Å². The van der Waals surface area contributed by atoms with Crippen LogP contribution in [0.2, 0.25) is 0 Å². The molecule has 1 atom stereocenters. The average molecular weight is 288 g/mol. The van der Waals surface area contributed by atoms with E-state index in [1.165, 1.54) is 6.26 Å². The highest BCUT2D eigenvalue weighted by molar-refractivity contribution is 5.91. The van der Waals surface area contributed by atoms with Gasteiger partial charge >= 0.3 is 0 Å². The maximum absolute atomic E-state index is 12.4. The quantitative estimate of drug-likeness (QED) is 0.906. The van der Waals surface area contributed by atoms with Crippen LogP contribution in [0.25, 0.3) is 0 Å². The normalized spacial score (nSPS) is 17.4. The lowest BCUT2D eigenvalue weighted by atomic mass is 10.1. The highest BCUT2D eigenvalue weighted by atomic mass is 16.3. The summed E-state index contributed by atoms with van der Waals surface area (Å²) in [5, 5.41) is 6.86. The Labute approximate surface area is 121 Å². The number of nitrogens with zero attached hydrogens (tertiary/aromatic N) is 3. The van der Waals surface area contributed by atoms with Gasteiger partial charge in [0.15, 0.2) is 5.76 Å². The third-order valence-electron chi connectivity index (χ3n) is 3.60. The molecule has 1 aliphatic heterocycles. The number of hydrogen-bond acceptors (Lipinski definition) is 4. The predicted octanol–water partition coefficient (Wildman–Crippen LogP) is 0.809. The van der Waals surface area contributed by atoms with Crippen LogP contribution in [0.3, 0.4) is 0 Å². The third-order valence-corrected chi connectivity index (χ3v) is 3.60. The molecule has 0 radical (unpaired) electrons. The number of hydrogen-bond donors (Lipinski definition) is 1. The zero-order valence-corrected chi connectivity index (χ0v) is 11.7. The SMILES string of the molecule is CNC(=O)C[C@H]1CN(C(=O)c2ccco2)Cc2ccnn21. The molecule has 3 heterocycles. The van der Waals surface area contributed by atoms with Crippen LogP contribution in [0.15, 0.2) is 35.1 Å². The molecule has 7 nitrogen and oxygen atoms in total. The molecule has 0 saturated heterocycles. The van der Waals surface area contributed by atoms with Crippen molar-refractivity contribution < 1.29 is 14.0 Å². The summed E-state index contributed by atoms with van der Waals surface area (Å²) >= 11 is 0. The summed E-state index contributed by atoms with van der Waals surface area (Å²) in [6.07, 6.45) is 3.45. The van der Waals surface area contributed by atoms with Gasteiger partial charge in [0.25, 0.3) is 5.91 Å². The van der Waals surface area contributed by atoms with Crippen molar-refractivity contribution in [1.29, 1.82) is 0 Å². The van der Waals surface area contributed by atoms with Crippen molar-refractivity contribution in [3.8, 4) is 0 Å². The highest BCUT2D eigenvalue weighted by Gasteiger charge is 2.31. The molecule has 1 N–H and O–H groups in total. The topological polar surface area (TPSA) is 80.4 Å². The van der Waals surface area contributed by atoms with E-state index in [1.807, 2.05) is 10.7 Å². The van der Waals surface area contributed by atoms with Crippen molar-refractivity contribution in [1.82, 2.24) is 20.0 Å². The second kappa shape index (κ2) is 5.43. The molecule has 2 aromatic heterocycles. The summed E-state index contributed by atoms with van der Waals surface area (Å²) in [6.45, 7) is 0.894. The van der Waals surface area contributed by atoms with Crippen molar-refractivity contribution in [3.63, 3.8) is 0 Å². The fourth-order valence-electron chi connectivity index (χ4n) is 2.57. The summed E-state index contributed by atoms with van der Waals surface area (Å²) in [4.78, 5) is 25.7. The number of rotatable bonds is 3. The van der Waals surface area contributed by atoms with Gasteiger partial charge in [-0.1, -0.05) is 0 Å². The Morgan fingerprint density at radius 1 is 1.48 bits per heavy atom. The van der Waals surface area contributed by atoms with Gasteiger partial charge in [0.1, 0.15) is 0 Å². The largest absolute Gasteiger partial charge is 0.459 e. The Hall–Kier alpha value is -2.57. The number of fused-ring (bicyclic) bond motifs is 1. The third kappa shape index (κ3) is 2.54. The van der Waals surface area contributed by atoms with Crippen LogP contribution in [-0.4, -0.2) is 40.1 Å². The Bertz CT molecular complexity index is 647. The lowest BCUT2D eigenvalue weighted by Crippen LogP contribution is -2.42. The van der Waals surface area contributed by atoms with E-state index in [0.717, 1.165) is 5.69 Å². The van der Waals surface area contributed by atoms with Crippen LogP contribution in [-0.2, 0) is 11.3 Å². The highest BCUT2D eigenvalue weighted by Crippen LogP contribution is 2.24. The molecule has 0 fully saturated rings. The van der Waals surface area contributed by atoms with Crippen LogP contribution < -0.4 is 5.32 Å². The van der Waals surface area contributed by atoms with E-state index in [4.69, 9.17) is 4.42 Å². The van der Waals surface area contributed by atoms with Gasteiger partial charge in [0.2, 0.25) is 5.91 Å². The first-order chi connectivity index (χ1) is 10.2. The minimum atomic E-state index is -0.172. The van der Waals surface area contributed by atoms with Gasteiger partial charge in [-0.3, -0.25) is 14.3 Å².